The van der Waals surface area contributed by atoms with Crippen LogP contribution < -0.4 is 5.32 Å². The van der Waals surface area contributed by atoms with Crippen molar-refractivity contribution in [1.82, 2.24) is 10.2 Å². The van der Waals surface area contributed by atoms with Gasteiger partial charge < -0.3 is 15.0 Å². The SMILES string of the molecule is O=C(CC1COC2(C1)CN(C(=O)c1ccccc1)C2)NCC1CC1. The summed E-state index contributed by atoms with van der Waals surface area (Å²) in [7, 11) is 0. The van der Waals surface area contributed by atoms with Crippen LogP contribution in [0.1, 0.15) is 36.0 Å². The Morgan fingerprint density at radius 3 is 2.62 bits per heavy atom. The molecule has 4 rings (SSSR count). The van der Waals surface area contributed by atoms with Crippen molar-refractivity contribution in [3.63, 3.8) is 0 Å². The van der Waals surface area contributed by atoms with Crippen LogP contribution >= 0.6 is 0 Å². The zero-order valence-corrected chi connectivity index (χ0v) is 13.9. The van der Waals surface area contributed by atoms with Crippen LogP contribution in [-0.2, 0) is 9.53 Å². The standard InChI is InChI=1S/C19H24N2O3/c22-17(20-10-14-6-7-14)8-15-9-19(24-11-15)12-21(13-19)18(23)16-4-2-1-3-5-16/h1-5,14-15H,6-13H2,(H,20,22). The molecule has 1 aromatic carbocycles. The van der Waals surface area contributed by atoms with E-state index in [1.807, 2.05) is 35.2 Å². The van der Waals surface area contributed by atoms with Gasteiger partial charge in [-0.15, -0.1) is 0 Å². The molecule has 0 radical (unpaired) electrons. The molecule has 0 bridgehead atoms. The zero-order valence-electron chi connectivity index (χ0n) is 13.9. The number of hydrogen-bond donors (Lipinski definition) is 1. The van der Waals surface area contributed by atoms with E-state index in [2.05, 4.69) is 5.32 Å². The normalized spacial score (nSPS) is 24.7. The van der Waals surface area contributed by atoms with Gasteiger partial charge in [0.15, 0.2) is 0 Å². The van der Waals surface area contributed by atoms with E-state index in [0.717, 1.165) is 18.5 Å². The van der Waals surface area contributed by atoms with Gasteiger partial charge in [0.25, 0.3) is 5.91 Å². The van der Waals surface area contributed by atoms with E-state index < -0.39 is 0 Å². The van der Waals surface area contributed by atoms with Crippen molar-refractivity contribution in [3.8, 4) is 0 Å². The molecule has 2 saturated heterocycles. The van der Waals surface area contributed by atoms with Crippen LogP contribution in [0.25, 0.3) is 0 Å². The number of carbonyl (C=O) groups excluding carboxylic acids is 2. The topological polar surface area (TPSA) is 58.6 Å². The largest absolute Gasteiger partial charge is 0.371 e. The van der Waals surface area contributed by atoms with Gasteiger partial charge in [-0.05, 0) is 43.2 Å². The number of rotatable bonds is 5. The first kappa shape index (κ1) is 15.6. The molecule has 1 atom stereocenters. The summed E-state index contributed by atoms with van der Waals surface area (Å²) >= 11 is 0. The quantitative estimate of drug-likeness (QED) is 0.897. The number of hydrogen-bond acceptors (Lipinski definition) is 3. The zero-order chi connectivity index (χ0) is 16.6. The van der Waals surface area contributed by atoms with Crippen LogP contribution in [0.15, 0.2) is 30.3 Å². The molecule has 2 amide bonds. The van der Waals surface area contributed by atoms with Crippen LogP contribution in [0.4, 0.5) is 0 Å². The van der Waals surface area contributed by atoms with Crippen LogP contribution in [0, 0.1) is 11.8 Å². The molecule has 24 heavy (non-hydrogen) atoms. The minimum atomic E-state index is -0.216. The summed E-state index contributed by atoms with van der Waals surface area (Å²) in [6.07, 6.45) is 3.92. The van der Waals surface area contributed by atoms with E-state index in [1.54, 1.807) is 0 Å². The lowest BCUT2D eigenvalue weighted by Crippen LogP contribution is -2.63. The highest BCUT2D eigenvalue weighted by Crippen LogP contribution is 2.39. The smallest absolute Gasteiger partial charge is 0.254 e. The lowest BCUT2D eigenvalue weighted by molar-refractivity contribution is -0.122. The number of likely N-dealkylation sites (tertiary alicyclic amines) is 1. The predicted octanol–water partition coefficient (Wildman–Crippen LogP) is 1.83. The number of ether oxygens (including phenoxy) is 1. The fourth-order valence-electron chi connectivity index (χ4n) is 3.76. The maximum Gasteiger partial charge on any atom is 0.254 e. The third-order valence-corrected chi connectivity index (χ3v) is 5.31. The van der Waals surface area contributed by atoms with Crippen LogP contribution in [0.3, 0.4) is 0 Å². The van der Waals surface area contributed by atoms with Gasteiger partial charge in [-0.1, -0.05) is 18.2 Å². The van der Waals surface area contributed by atoms with Crippen molar-refractivity contribution in [1.29, 1.82) is 0 Å². The number of benzene rings is 1. The van der Waals surface area contributed by atoms with Crippen molar-refractivity contribution in [2.24, 2.45) is 11.8 Å². The summed E-state index contributed by atoms with van der Waals surface area (Å²) in [5.74, 6) is 1.20. The third-order valence-electron chi connectivity index (χ3n) is 5.31. The molecule has 1 aromatic rings. The molecule has 1 aliphatic carbocycles. The minimum absolute atomic E-state index is 0.0652. The van der Waals surface area contributed by atoms with Crippen molar-refractivity contribution in [3.05, 3.63) is 35.9 Å². The average molecular weight is 328 g/mol. The molecule has 5 heteroatoms. The van der Waals surface area contributed by atoms with Crippen LogP contribution in [0.2, 0.25) is 0 Å². The van der Waals surface area contributed by atoms with Crippen molar-refractivity contribution >= 4 is 11.8 Å². The first-order valence-corrected chi connectivity index (χ1v) is 8.89. The molecule has 0 aromatic heterocycles. The van der Waals surface area contributed by atoms with Crippen molar-refractivity contribution in [2.45, 2.75) is 31.3 Å². The predicted molar refractivity (Wildman–Crippen MR) is 89.5 cm³/mol. The van der Waals surface area contributed by atoms with E-state index in [1.165, 1.54) is 12.8 Å². The maximum atomic E-state index is 12.4. The molecule has 1 spiro atoms. The Balaban J connectivity index is 1.24. The molecule has 128 valence electrons. The summed E-state index contributed by atoms with van der Waals surface area (Å²) in [4.78, 5) is 26.2. The fourth-order valence-corrected chi connectivity index (χ4v) is 3.76. The van der Waals surface area contributed by atoms with E-state index in [9.17, 15) is 9.59 Å². The van der Waals surface area contributed by atoms with E-state index in [-0.39, 0.29) is 23.3 Å². The minimum Gasteiger partial charge on any atom is -0.371 e. The number of amides is 2. The van der Waals surface area contributed by atoms with E-state index in [0.29, 0.717) is 32.0 Å². The number of nitrogens with one attached hydrogen (secondary N) is 1. The number of nitrogens with zero attached hydrogens (tertiary/aromatic N) is 1. The van der Waals surface area contributed by atoms with Gasteiger partial charge in [0.05, 0.1) is 19.7 Å². The Morgan fingerprint density at radius 2 is 1.92 bits per heavy atom. The summed E-state index contributed by atoms with van der Waals surface area (Å²) < 4.78 is 5.97. The Bertz CT molecular complexity index is 621. The highest BCUT2D eigenvalue weighted by Gasteiger charge is 2.51. The summed E-state index contributed by atoms with van der Waals surface area (Å²) in [6.45, 7) is 2.74. The second-order valence-electron chi connectivity index (χ2n) is 7.54. The van der Waals surface area contributed by atoms with Gasteiger partial charge >= 0.3 is 0 Å². The van der Waals surface area contributed by atoms with E-state index in [4.69, 9.17) is 4.74 Å². The molecular formula is C19H24N2O3. The Hall–Kier alpha value is -1.88. The summed E-state index contributed by atoms with van der Waals surface area (Å²) in [5, 5.41) is 3.02. The third kappa shape index (κ3) is 3.31. The molecule has 2 aliphatic heterocycles. The molecule has 3 fully saturated rings. The Morgan fingerprint density at radius 1 is 1.17 bits per heavy atom. The highest BCUT2D eigenvalue weighted by atomic mass is 16.5. The summed E-state index contributed by atoms with van der Waals surface area (Å²) in [5.41, 5.74) is 0.507. The van der Waals surface area contributed by atoms with Gasteiger partial charge in [0.2, 0.25) is 5.91 Å². The molecule has 3 aliphatic rings. The van der Waals surface area contributed by atoms with Crippen LogP contribution in [-0.4, -0.2) is 48.6 Å². The van der Waals surface area contributed by atoms with Gasteiger partial charge in [0.1, 0.15) is 5.60 Å². The highest BCUT2D eigenvalue weighted by molar-refractivity contribution is 5.94. The lowest BCUT2D eigenvalue weighted by atomic mass is 9.85. The Labute approximate surface area is 142 Å². The molecule has 1 unspecified atom stereocenters. The first-order chi connectivity index (χ1) is 11.6. The molecular weight excluding hydrogens is 304 g/mol. The first-order valence-electron chi connectivity index (χ1n) is 8.89. The van der Waals surface area contributed by atoms with Gasteiger partial charge in [-0.3, -0.25) is 9.59 Å². The van der Waals surface area contributed by atoms with E-state index >= 15 is 0 Å². The molecule has 1 N–H and O–H groups in total. The Kier molecular flexibility index (Phi) is 4.04. The summed E-state index contributed by atoms with van der Waals surface area (Å²) in [6, 6.07) is 9.36. The lowest BCUT2D eigenvalue weighted by Gasteiger charge is -2.47. The van der Waals surface area contributed by atoms with Gasteiger partial charge in [-0.2, -0.15) is 0 Å². The van der Waals surface area contributed by atoms with Crippen molar-refractivity contribution < 1.29 is 14.3 Å². The maximum absolute atomic E-state index is 12.4. The second-order valence-corrected chi connectivity index (χ2v) is 7.54. The van der Waals surface area contributed by atoms with Crippen molar-refractivity contribution in [2.75, 3.05) is 26.2 Å². The molecule has 1 saturated carbocycles. The monoisotopic (exact) mass is 328 g/mol. The van der Waals surface area contributed by atoms with Crippen LogP contribution in [0.5, 0.6) is 0 Å². The molecule has 2 heterocycles. The average Bonchev–Trinajstić information content (AvgIpc) is 3.30. The fraction of sp³-hybridized carbons (Fsp3) is 0.579. The van der Waals surface area contributed by atoms with Gasteiger partial charge in [0, 0.05) is 18.5 Å². The van der Waals surface area contributed by atoms with Gasteiger partial charge in [-0.25, -0.2) is 0 Å². The molecule has 5 nitrogen and oxygen atoms in total. The second kappa shape index (κ2) is 6.20. The number of carbonyl (C=O) groups is 2.